The molecule has 0 spiro atoms. The molecule has 0 aliphatic rings. The van der Waals surface area contributed by atoms with Crippen LogP contribution >= 0.6 is 0 Å². The highest BCUT2D eigenvalue weighted by Crippen LogP contribution is 2.37. The van der Waals surface area contributed by atoms with Crippen molar-refractivity contribution in [3.8, 4) is 55.6 Å². The predicted octanol–water partition coefficient (Wildman–Crippen LogP) is 10.3. The van der Waals surface area contributed by atoms with Crippen LogP contribution in [0.4, 0.5) is 0 Å². The number of aromatic nitrogens is 2. The minimum Gasteiger partial charge on any atom is -0.330 e. The maximum Gasteiger partial charge on any atom is 0.0346 e. The molecule has 0 saturated heterocycles. The monoisotopic (exact) mass is 573 g/mol. The van der Waals surface area contributed by atoms with E-state index >= 15 is 0 Å². The molecule has 0 amide bonds. The number of benzene rings is 4. The molecule has 2 N–H and O–H groups in total. The molecule has 2 aromatic heterocycles. The molecule has 6 aromatic rings. The zero-order valence-corrected chi connectivity index (χ0v) is 25.7. The second-order valence-corrected chi connectivity index (χ2v) is 12.8. The van der Waals surface area contributed by atoms with Crippen LogP contribution in [0.3, 0.4) is 0 Å². The SMILES string of the molecule is CC(C)(C)CC(CN)c1cccc(-c2cc(-c3cccc(-c4cccnc4)c3)cc(-c3cccc(-c4cccnc4)c3)c2)c1. The summed E-state index contributed by atoms with van der Waals surface area (Å²) in [6, 6.07) is 41.5. The molecule has 44 heavy (non-hydrogen) atoms. The number of hydrogen-bond acceptors (Lipinski definition) is 3. The van der Waals surface area contributed by atoms with E-state index in [4.69, 9.17) is 5.73 Å². The molecule has 4 aromatic carbocycles. The van der Waals surface area contributed by atoms with E-state index in [2.05, 4.69) is 134 Å². The Morgan fingerprint density at radius 2 is 0.886 bits per heavy atom. The van der Waals surface area contributed by atoms with Gasteiger partial charge in [-0.3, -0.25) is 9.97 Å². The smallest absolute Gasteiger partial charge is 0.0346 e. The fourth-order valence-electron chi connectivity index (χ4n) is 6.00. The Morgan fingerprint density at radius 3 is 1.30 bits per heavy atom. The van der Waals surface area contributed by atoms with Gasteiger partial charge in [-0.25, -0.2) is 0 Å². The summed E-state index contributed by atoms with van der Waals surface area (Å²) >= 11 is 0. The molecule has 0 saturated carbocycles. The topological polar surface area (TPSA) is 51.8 Å². The van der Waals surface area contributed by atoms with E-state index in [1.54, 1.807) is 0 Å². The Balaban J connectivity index is 1.48. The lowest BCUT2D eigenvalue weighted by Crippen LogP contribution is -2.19. The second-order valence-electron chi connectivity index (χ2n) is 12.8. The van der Waals surface area contributed by atoms with Crippen molar-refractivity contribution in [2.24, 2.45) is 11.1 Å². The van der Waals surface area contributed by atoms with E-state index in [1.165, 1.54) is 38.9 Å². The number of rotatable bonds is 8. The van der Waals surface area contributed by atoms with Crippen LogP contribution < -0.4 is 5.73 Å². The first-order chi connectivity index (χ1) is 21.4. The summed E-state index contributed by atoms with van der Waals surface area (Å²) in [6.07, 6.45) is 8.51. The molecule has 3 heteroatoms. The fourth-order valence-corrected chi connectivity index (χ4v) is 6.00. The van der Waals surface area contributed by atoms with Gasteiger partial charge in [0.1, 0.15) is 0 Å². The first-order valence-corrected chi connectivity index (χ1v) is 15.3. The van der Waals surface area contributed by atoms with Gasteiger partial charge in [-0.05, 0) is 117 Å². The maximum atomic E-state index is 6.32. The van der Waals surface area contributed by atoms with Gasteiger partial charge in [0.2, 0.25) is 0 Å². The molecular weight excluding hydrogens is 534 g/mol. The molecular formula is C41H39N3. The molecule has 0 aliphatic carbocycles. The van der Waals surface area contributed by atoms with Gasteiger partial charge >= 0.3 is 0 Å². The highest BCUT2D eigenvalue weighted by Gasteiger charge is 2.20. The Hall–Kier alpha value is -4.86. The third-order valence-corrected chi connectivity index (χ3v) is 8.15. The largest absolute Gasteiger partial charge is 0.330 e. The molecule has 3 nitrogen and oxygen atoms in total. The molecule has 6 rings (SSSR count). The average Bonchev–Trinajstić information content (AvgIpc) is 3.07. The lowest BCUT2D eigenvalue weighted by molar-refractivity contribution is 0.342. The molecule has 0 fully saturated rings. The number of nitrogens with two attached hydrogens (primary N) is 1. The number of nitrogens with zero attached hydrogens (tertiary/aromatic N) is 2. The molecule has 218 valence electrons. The van der Waals surface area contributed by atoms with Crippen LogP contribution in [-0.2, 0) is 0 Å². The van der Waals surface area contributed by atoms with Crippen molar-refractivity contribution in [2.45, 2.75) is 33.1 Å². The van der Waals surface area contributed by atoms with Crippen LogP contribution in [0.25, 0.3) is 55.6 Å². The molecule has 1 unspecified atom stereocenters. The van der Waals surface area contributed by atoms with Crippen LogP contribution in [0, 0.1) is 5.41 Å². The van der Waals surface area contributed by atoms with Crippen molar-refractivity contribution in [3.63, 3.8) is 0 Å². The fraction of sp³-hybridized carbons (Fsp3) is 0.171. The molecule has 0 aliphatic heterocycles. The summed E-state index contributed by atoms with van der Waals surface area (Å²) in [5.41, 5.74) is 19.4. The third kappa shape index (κ3) is 6.85. The molecule has 0 bridgehead atoms. The van der Waals surface area contributed by atoms with Gasteiger partial charge in [0.05, 0.1) is 0 Å². The zero-order chi connectivity index (χ0) is 30.5. The van der Waals surface area contributed by atoms with Gasteiger partial charge < -0.3 is 5.73 Å². The summed E-state index contributed by atoms with van der Waals surface area (Å²) in [5.74, 6) is 0.310. The van der Waals surface area contributed by atoms with Crippen LogP contribution in [0.2, 0.25) is 0 Å². The minimum absolute atomic E-state index is 0.200. The van der Waals surface area contributed by atoms with Gasteiger partial charge in [0.15, 0.2) is 0 Å². The van der Waals surface area contributed by atoms with E-state index in [-0.39, 0.29) is 5.41 Å². The standard InChI is InChI=1S/C41H39N3/c1-41(2,3)25-40(26-42)34-14-6-13-33(21-34)39-23-37(31-11-4-9-29(19-31)35-15-7-17-43-27-35)22-38(24-39)32-12-5-10-30(20-32)36-16-8-18-44-28-36/h4-24,27-28,40H,25-26,42H2,1-3H3. The van der Waals surface area contributed by atoms with Crippen molar-refractivity contribution >= 4 is 0 Å². The Morgan fingerprint density at radius 1 is 0.500 bits per heavy atom. The van der Waals surface area contributed by atoms with Gasteiger partial charge in [0.25, 0.3) is 0 Å². The van der Waals surface area contributed by atoms with Crippen molar-refractivity contribution in [3.05, 3.63) is 146 Å². The average molecular weight is 574 g/mol. The lowest BCUT2D eigenvalue weighted by Gasteiger charge is -2.25. The van der Waals surface area contributed by atoms with Crippen LogP contribution in [0.15, 0.2) is 140 Å². The zero-order valence-electron chi connectivity index (χ0n) is 25.7. The van der Waals surface area contributed by atoms with E-state index in [9.17, 15) is 0 Å². The molecule has 0 radical (unpaired) electrons. The summed E-state index contributed by atoms with van der Waals surface area (Å²) < 4.78 is 0. The second kappa shape index (κ2) is 12.8. The van der Waals surface area contributed by atoms with Crippen LogP contribution in [-0.4, -0.2) is 16.5 Å². The van der Waals surface area contributed by atoms with Gasteiger partial charge in [0, 0.05) is 35.9 Å². The number of hydrogen-bond donors (Lipinski definition) is 1. The quantitative estimate of drug-likeness (QED) is 0.197. The van der Waals surface area contributed by atoms with Crippen molar-refractivity contribution in [2.75, 3.05) is 6.54 Å². The van der Waals surface area contributed by atoms with E-state index in [1.807, 2.05) is 36.9 Å². The Labute approximate surface area is 261 Å². The number of pyridine rings is 2. The summed E-state index contributed by atoms with van der Waals surface area (Å²) in [5, 5.41) is 0. The highest BCUT2D eigenvalue weighted by molar-refractivity contribution is 5.84. The highest BCUT2D eigenvalue weighted by atomic mass is 14.6. The lowest BCUT2D eigenvalue weighted by atomic mass is 9.81. The Bertz CT molecular complexity index is 1750. The molecule has 2 heterocycles. The van der Waals surface area contributed by atoms with Crippen LogP contribution in [0.1, 0.15) is 38.7 Å². The van der Waals surface area contributed by atoms with Crippen molar-refractivity contribution < 1.29 is 0 Å². The minimum atomic E-state index is 0.200. The normalized spacial score (nSPS) is 12.2. The van der Waals surface area contributed by atoms with Crippen molar-refractivity contribution in [1.29, 1.82) is 0 Å². The first kappa shape index (κ1) is 29.2. The summed E-state index contributed by atoms with van der Waals surface area (Å²) in [4.78, 5) is 8.68. The molecule has 1 atom stereocenters. The summed E-state index contributed by atoms with van der Waals surface area (Å²) in [7, 11) is 0. The van der Waals surface area contributed by atoms with E-state index < -0.39 is 0 Å². The van der Waals surface area contributed by atoms with E-state index in [0.717, 1.165) is 28.7 Å². The predicted molar refractivity (Wildman–Crippen MR) is 185 cm³/mol. The van der Waals surface area contributed by atoms with Crippen LogP contribution in [0.5, 0.6) is 0 Å². The van der Waals surface area contributed by atoms with E-state index in [0.29, 0.717) is 12.5 Å². The Kier molecular flexibility index (Phi) is 8.49. The first-order valence-electron chi connectivity index (χ1n) is 15.3. The third-order valence-electron chi connectivity index (χ3n) is 8.15. The maximum absolute atomic E-state index is 6.32. The summed E-state index contributed by atoms with van der Waals surface area (Å²) in [6.45, 7) is 7.49. The van der Waals surface area contributed by atoms with Gasteiger partial charge in [-0.2, -0.15) is 0 Å². The van der Waals surface area contributed by atoms with Crippen molar-refractivity contribution in [1.82, 2.24) is 9.97 Å². The van der Waals surface area contributed by atoms with Gasteiger partial charge in [-0.15, -0.1) is 0 Å². The van der Waals surface area contributed by atoms with Gasteiger partial charge in [-0.1, -0.05) is 93.6 Å².